The van der Waals surface area contributed by atoms with Crippen molar-refractivity contribution in [2.24, 2.45) is 17.3 Å². The molecule has 0 saturated heterocycles. The number of hydrogen-bond acceptors (Lipinski definition) is 3. The van der Waals surface area contributed by atoms with E-state index in [-0.39, 0.29) is 0 Å². The van der Waals surface area contributed by atoms with Gasteiger partial charge in [0, 0.05) is 10.8 Å². The fraction of sp³-hybridized carbons (Fsp3) is 0.100. The van der Waals surface area contributed by atoms with Crippen LogP contribution in [0.3, 0.4) is 0 Å². The third-order valence-corrected chi connectivity index (χ3v) is 2.00. The zero-order valence-corrected chi connectivity index (χ0v) is 8.38. The van der Waals surface area contributed by atoms with Gasteiger partial charge >= 0.3 is 5.95 Å². The van der Waals surface area contributed by atoms with Crippen LogP contribution in [0.15, 0.2) is 46.9 Å². The lowest BCUT2D eigenvalue weighted by Gasteiger charge is -1.90. The summed E-state index contributed by atoms with van der Waals surface area (Å²) in [5.74, 6) is 0.701. The summed E-state index contributed by atoms with van der Waals surface area (Å²) in [7, 11) is 1.90. The lowest BCUT2D eigenvalue weighted by Crippen LogP contribution is -2.24. The van der Waals surface area contributed by atoms with Crippen LogP contribution in [0, 0.1) is 0 Å². The maximum Gasteiger partial charge on any atom is 0.418 e. The largest absolute Gasteiger partial charge is 0.418 e. The molecule has 0 aliphatic heterocycles. The van der Waals surface area contributed by atoms with E-state index in [1.807, 2.05) is 29.9 Å². The third-order valence-electron chi connectivity index (χ3n) is 2.00. The first-order valence-corrected chi connectivity index (χ1v) is 4.56. The molecule has 0 spiro atoms. The van der Waals surface area contributed by atoms with Crippen LogP contribution in [0.25, 0.3) is 0 Å². The van der Waals surface area contributed by atoms with E-state index in [1.54, 1.807) is 18.3 Å². The van der Waals surface area contributed by atoms with E-state index >= 15 is 0 Å². The highest BCUT2D eigenvalue weighted by Gasteiger charge is 2.04. The van der Waals surface area contributed by atoms with Crippen molar-refractivity contribution < 1.29 is 4.57 Å². The van der Waals surface area contributed by atoms with E-state index in [0.29, 0.717) is 5.95 Å². The molecule has 0 amide bonds. The summed E-state index contributed by atoms with van der Waals surface area (Å²) in [6, 6.07) is 7.23. The van der Waals surface area contributed by atoms with Crippen LogP contribution in [0.4, 0.5) is 17.3 Å². The van der Waals surface area contributed by atoms with E-state index in [4.69, 9.17) is 5.73 Å². The second kappa shape index (κ2) is 3.91. The van der Waals surface area contributed by atoms with Gasteiger partial charge in [-0.05, 0) is 24.3 Å². The second-order valence-corrected chi connectivity index (χ2v) is 3.19. The number of aryl methyl sites for hydroxylation is 1. The Balaban J connectivity index is 2.19. The summed E-state index contributed by atoms with van der Waals surface area (Å²) in [4.78, 5) is 2.96. The molecule has 0 aliphatic carbocycles. The zero-order valence-electron chi connectivity index (χ0n) is 8.38. The lowest BCUT2D eigenvalue weighted by atomic mass is 10.3. The maximum absolute atomic E-state index is 5.56. The molecule has 0 bridgehead atoms. The van der Waals surface area contributed by atoms with Gasteiger partial charge in [0.15, 0.2) is 0 Å². The van der Waals surface area contributed by atoms with Crippen LogP contribution < -0.4 is 10.3 Å². The number of nitrogens with zero attached hydrogens (tertiary/aromatic N) is 3. The number of azo groups is 1. The predicted molar refractivity (Wildman–Crippen MR) is 57.0 cm³/mol. The molecule has 0 radical (unpaired) electrons. The van der Waals surface area contributed by atoms with Crippen molar-refractivity contribution in [1.29, 1.82) is 0 Å². The molecule has 1 aromatic heterocycles. The first-order valence-electron chi connectivity index (χ1n) is 4.56. The van der Waals surface area contributed by atoms with Crippen molar-refractivity contribution in [2.45, 2.75) is 0 Å². The molecule has 0 unspecified atom stereocenters. The number of benzene rings is 1. The quantitative estimate of drug-likeness (QED) is 0.435. The second-order valence-electron chi connectivity index (χ2n) is 3.19. The Morgan fingerprint density at radius 1 is 1.20 bits per heavy atom. The summed E-state index contributed by atoms with van der Waals surface area (Å²) in [6.45, 7) is 0. The number of anilines is 1. The normalized spacial score (nSPS) is 11.0. The lowest BCUT2D eigenvalue weighted by molar-refractivity contribution is -0.657. The molecule has 76 valence electrons. The summed E-state index contributed by atoms with van der Waals surface area (Å²) in [5.41, 5.74) is 7.06. The van der Waals surface area contributed by atoms with Crippen LogP contribution in [0.1, 0.15) is 0 Å². The highest BCUT2D eigenvalue weighted by molar-refractivity contribution is 5.47. The Bertz CT molecular complexity index is 469. The first-order chi connectivity index (χ1) is 7.25. The molecule has 0 atom stereocenters. The monoisotopic (exact) mass is 202 g/mol. The van der Waals surface area contributed by atoms with Crippen molar-refractivity contribution in [3.63, 3.8) is 0 Å². The Kier molecular flexibility index (Phi) is 2.45. The van der Waals surface area contributed by atoms with Gasteiger partial charge in [-0.15, -0.1) is 0 Å². The smallest absolute Gasteiger partial charge is 0.399 e. The Morgan fingerprint density at radius 2 is 1.93 bits per heavy atom. The van der Waals surface area contributed by atoms with Gasteiger partial charge in [-0.3, -0.25) is 0 Å². The Morgan fingerprint density at radius 3 is 2.53 bits per heavy atom. The van der Waals surface area contributed by atoms with E-state index in [0.717, 1.165) is 11.4 Å². The maximum atomic E-state index is 5.56. The van der Waals surface area contributed by atoms with E-state index in [2.05, 4.69) is 15.2 Å². The number of hydrogen-bond donors (Lipinski definition) is 2. The van der Waals surface area contributed by atoms with Crippen molar-refractivity contribution in [3.8, 4) is 0 Å². The topological polar surface area (TPSA) is 70.4 Å². The average molecular weight is 202 g/mol. The van der Waals surface area contributed by atoms with Crippen molar-refractivity contribution >= 4 is 17.3 Å². The summed E-state index contributed by atoms with van der Waals surface area (Å²) < 4.78 is 1.85. The summed E-state index contributed by atoms with van der Waals surface area (Å²) >= 11 is 0. The molecular weight excluding hydrogens is 190 g/mol. The molecule has 0 fully saturated rings. The average Bonchev–Trinajstić information content (AvgIpc) is 2.63. The molecule has 3 N–H and O–H groups in total. The van der Waals surface area contributed by atoms with Crippen molar-refractivity contribution in [3.05, 3.63) is 36.7 Å². The van der Waals surface area contributed by atoms with Crippen LogP contribution in [-0.2, 0) is 7.05 Å². The SMILES string of the molecule is C[n+]1cc[nH]c1N=Nc1ccc(N)cc1. The first kappa shape index (κ1) is 9.39. The number of aromatic amines is 1. The van der Waals surface area contributed by atoms with Crippen LogP contribution in [0.5, 0.6) is 0 Å². The minimum absolute atomic E-state index is 0.701. The van der Waals surface area contributed by atoms with Crippen molar-refractivity contribution in [2.75, 3.05) is 5.73 Å². The highest BCUT2D eigenvalue weighted by Crippen LogP contribution is 2.15. The van der Waals surface area contributed by atoms with E-state index in [1.165, 1.54) is 0 Å². The highest BCUT2D eigenvalue weighted by atomic mass is 15.2. The van der Waals surface area contributed by atoms with Gasteiger partial charge in [0.05, 0.1) is 19.4 Å². The molecule has 0 aliphatic rings. The van der Waals surface area contributed by atoms with Gasteiger partial charge in [0.1, 0.15) is 5.69 Å². The van der Waals surface area contributed by atoms with E-state index < -0.39 is 0 Å². The predicted octanol–water partition coefficient (Wildman–Crippen LogP) is 1.84. The number of nitrogens with one attached hydrogen (secondary N) is 1. The number of aromatic nitrogens is 2. The number of imidazole rings is 1. The minimum atomic E-state index is 0.701. The standard InChI is InChI=1S/C10H11N5/c1-15-7-6-12-10(15)14-13-9-4-2-8(11)3-5-9/h2-7H,1H3,(H2,11,12,14)/p+1. The van der Waals surface area contributed by atoms with E-state index in [9.17, 15) is 0 Å². The molecule has 0 saturated carbocycles. The van der Waals surface area contributed by atoms with Gasteiger partial charge in [-0.1, -0.05) is 5.11 Å². The van der Waals surface area contributed by atoms with Gasteiger partial charge in [-0.2, -0.15) is 0 Å². The molecule has 2 aromatic rings. The minimum Gasteiger partial charge on any atom is -0.399 e. The van der Waals surface area contributed by atoms with Crippen LogP contribution in [0.2, 0.25) is 0 Å². The zero-order chi connectivity index (χ0) is 10.7. The third kappa shape index (κ3) is 2.19. The molecule has 5 heteroatoms. The van der Waals surface area contributed by atoms with Gasteiger partial charge < -0.3 is 5.73 Å². The molecule has 1 heterocycles. The fourth-order valence-corrected chi connectivity index (χ4v) is 1.14. The summed E-state index contributed by atoms with van der Waals surface area (Å²) in [6.07, 6.45) is 3.68. The van der Waals surface area contributed by atoms with Crippen molar-refractivity contribution in [1.82, 2.24) is 4.98 Å². The van der Waals surface area contributed by atoms with Crippen LogP contribution in [-0.4, -0.2) is 4.98 Å². The molecule has 15 heavy (non-hydrogen) atoms. The fourth-order valence-electron chi connectivity index (χ4n) is 1.14. The Labute approximate surface area is 87.3 Å². The van der Waals surface area contributed by atoms with Gasteiger partial charge in [-0.25, -0.2) is 9.55 Å². The molecule has 5 nitrogen and oxygen atoms in total. The number of nitrogens with two attached hydrogens (primary N) is 1. The van der Waals surface area contributed by atoms with Gasteiger partial charge in [0.25, 0.3) is 0 Å². The molecule has 1 aromatic carbocycles. The van der Waals surface area contributed by atoms with Gasteiger partial charge in [0.2, 0.25) is 0 Å². The number of nitrogen functional groups attached to an aromatic ring is 1. The van der Waals surface area contributed by atoms with Crippen LogP contribution >= 0.6 is 0 Å². The Hall–Kier alpha value is -2.17. The summed E-state index contributed by atoms with van der Waals surface area (Å²) in [5, 5.41) is 8.13. The number of H-pyrrole nitrogens is 1. The molecular formula is C10H12N5+. The molecule has 2 rings (SSSR count). The number of rotatable bonds is 2.